The minimum atomic E-state index is -0.905. The lowest BCUT2D eigenvalue weighted by atomic mass is 9.94. The molecule has 0 fully saturated rings. The van der Waals surface area contributed by atoms with Gasteiger partial charge < -0.3 is 14.9 Å². The maximum atomic E-state index is 11.9. The smallest absolute Gasteiger partial charge is 0.306 e. The fourth-order valence-corrected chi connectivity index (χ4v) is 4.10. The quantitative estimate of drug-likeness (QED) is 0.116. The SMILES string of the molecule is CCCCCCCCCCCC(=O)OCC(O)CC(CCCCCCCCCC)C(=O)O. The second-order valence-corrected chi connectivity index (χ2v) is 9.45. The predicted octanol–water partition coefficient (Wildman–Crippen LogP) is 7.43. The summed E-state index contributed by atoms with van der Waals surface area (Å²) < 4.78 is 5.16. The minimum Gasteiger partial charge on any atom is -0.481 e. The average molecular weight is 457 g/mol. The van der Waals surface area contributed by atoms with E-state index >= 15 is 0 Å². The highest BCUT2D eigenvalue weighted by molar-refractivity contribution is 5.70. The number of esters is 1. The van der Waals surface area contributed by atoms with E-state index < -0.39 is 18.0 Å². The second-order valence-electron chi connectivity index (χ2n) is 9.45. The Morgan fingerprint density at radius 3 is 1.59 bits per heavy atom. The average Bonchev–Trinajstić information content (AvgIpc) is 2.77. The van der Waals surface area contributed by atoms with E-state index in [9.17, 15) is 19.8 Å². The molecule has 0 radical (unpaired) electrons. The van der Waals surface area contributed by atoms with Crippen molar-refractivity contribution in [2.45, 2.75) is 148 Å². The summed E-state index contributed by atoms with van der Waals surface area (Å²) >= 11 is 0. The van der Waals surface area contributed by atoms with Gasteiger partial charge in [-0.25, -0.2) is 0 Å². The molecular formula is C27H52O5. The van der Waals surface area contributed by atoms with Gasteiger partial charge in [0.1, 0.15) is 6.61 Å². The Morgan fingerprint density at radius 2 is 1.12 bits per heavy atom. The van der Waals surface area contributed by atoms with Crippen LogP contribution < -0.4 is 0 Å². The van der Waals surface area contributed by atoms with Crippen LogP contribution in [0.2, 0.25) is 0 Å². The molecule has 0 aromatic heterocycles. The molecule has 2 atom stereocenters. The standard InChI is InChI=1S/C27H52O5/c1-3-5-7-9-11-13-15-17-19-21-26(29)32-23-25(28)22-24(27(30)31)20-18-16-14-12-10-8-6-4-2/h24-25,28H,3-23H2,1-2H3,(H,30,31). The zero-order valence-electron chi connectivity index (χ0n) is 21.1. The molecule has 190 valence electrons. The molecule has 0 saturated carbocycles. The Balaban J connectivity index is 3.75. The number of aliphatic hydroxyl groups is 1. The van der Waals surface area contributed by atoms with Crippen molar-refractivity contribution >= 4 is 11.9 Å². The highest BCUT2D eigenvalue weighted by atomic mass is 16.5. The number of rotatable bonds is 24. The van der Waals surface area contributed by atoms with Crippen LogP contribution in [0.25, 0.3) is 0 Å². The van der Waals surface area contributed by atoms with Crippen LogP contribution in [0.15, 0.2) is 0 Å². The second kappa shape index (κ2) is 23.1. The first-order chi connectivity index (χ1) is 15.5. The van der Waals surface area contributed by atoms with Crippen LogP contribution in [0, 0.1) is 5.92 Å². The first-order valence-corrected chi connectivity index (χ1v) is 13.6. The number of carbonyl (C=O) groups is 2. The highest BCUT2D eigenvalue weighted by Gasteiger charge is 2.22. The topological polar surface area (TPSA) is 83.8 Å². The number of carboxylic acids is 1. The van der Waals surface area contributed by atoms with Gasteiger partial charge in [0.2, 0.25) is 0 Å². The molecule has 5 heteroatoms. The summed E-state index contributed by atoms with van der Waals surface area (Å²) in [5.74, 6) is -1.73. The van der Waals surface area contributed by atoms with Crippen molar-refractivity contribution in [3.8, 4) is 0 Å². The lowest BCUT2D eigenvalue weighted by Crippen LogP contribution is -2.25. The van der Waals surface area contributed by atoms with Crippen LogP contribution in [0.1, 0.15) is 142 Å². The van der Waals surface area contributed by atoms with Crippen LogP contribution in [-0.4, -0.2) is 34.9 Å². The van der Waals surface area contributed by atoms with Gasteiger partial charge in [0.25, 0.3) is 0 Å². The highest BCUT2D eigenvalue weighted by Crippen LogP contribution is 2.18. The molecule has 0 amide bonds. The van der Waals surface area contributed by atoms with Crippen molar-refractivity contribution in [1.29, 1.82) is 0 Å². The third-order valence-corrected chi connectivity index (χ3v) is 6.23. The summed E-state index contributed by atoms with van der Waals surface area (Å²) in [7, 11) is 0. The number of carbonyl (C=O) groups excluding carboxylic acids is 1. The number of unbranched alkanes of at least 4 members (excludes halogenated alkanes) is 15. The van der Waals surface area contributed by atoms with Crippen LogP contribution in [0.4, 0.5) is 0 Å². The number of aliphatic hydroxyl groups excluding tert-OH is 1. The van der Waals surface area contributed by atoms with Crippen molar-refractivity contribution in [1.82, 2.24) is 0 Å². The summed E-state index contributed by atoms with van der Waals surface area (Å²) in [4.78, 5) is 23.4. The van der Waals surface area contributed by atoms with Crippen LogP contribution in [0.5, 0.6) is 0 Å². The molecule has 0 heterocycles. The molecule has 2 unspecified atom stereocenters. The van der Waals surface area contributed by atoms with Gasteiger partial charge in [0, 0.05) is 6.42 Å². The number of hydrogen-bond donors (Lipinski definition) is 2. The molecule has 32 heavy (non-hydrogen) atoms. The lowest BCUT2D eigenvalue weighted by Gasteiger charge is -2.17. The fourth-order valence-electron chi connectivity index (χ4n) is 4.10. The Morgan fingerprint density at radius 1 is 0.688 bits per heavy atom. The first kappa shape index (κ1) is 30.9. The van der Waals surface area contributed by atoms with Crippen LogP contribution >= 0.6 is 0 Å². The van der Waals surface area contributed by atoms with Gasteiger partial charge in [-0.2, -0.15) is 0 Å². The maximum absolute atomic E-state index is 11.9. The van der Waals surface area contributed by atoms with E-state index in [1.807, 2.05) is 0 Å². The monoisotopic (exact) mass is 456 g/mol. The van der Waals surface area contributed by atoms with Crippen LogP contribution in [-0.2, 0) is 14.3 Å². The fraction of sp³-hybridized carbons (Fsp3) is 0.926. The Bertz CT molecular complexity index is 438. The van der Waals surface area contributed by atoms with Crippen LogP contribution in [0.3, 0.4) is 0 Å². The summed E-state index contributed by atoms with van der Waals surface area (Å²) in [6, 6.07) is 0. The van der Waals surface area contributed by atoms with E-state index in [0.29, 0.717) is 12.8 Å². The van der Waals surface area contributed by atoms with E-state index in [1.54, 1.807) is 0 Å². The Hall–Kier alpha value is -1.10. The molecule has 2 N–H and O–H groups in total. The van der Waals surface area contributed by atoms with Gasteiger partial charge in [-0.05, 0) is 19.3 Å². The largest absolute Gasteiger partial charge is 0.481 e. The van der Waals surface area contributed by atoms with Crippen molar-refractivity contribution in [3.63, 3.8) is 0 Å². The third-order valence-electron chi connectivity index (χ3n) is 6.23. The molecule has 0 aliphatic heterocycles. The first-order valence-electron chi connectivity index (χ1n) is 13.6. The summed E-state index contributed by atoms with van der Waals surface area (Å²) in [6.45, 7) is 4.33. The number of ether oxygens (including phenoxy) is 1. The van der Waals surface area contributed by atoms with E-state index in [1.165, 1.54) is 70.6 Å². The zero-order chi connectivity index (χ0) is 23.9. The van der Waals surface area contributed by atoms with Crippen molar-refractivity contribution < 1.29 is 24.5 Å². The van der Waals surface area contributed by atoms with E-state index in [-0.39, 0.29) is 19.0 Å². The molecule has 0 aromatic carbocycles. The van der Waals surface area contributed by atoms with Gasteiger partial charge in [-0.15, -0.1) is 0 Å². The summed E-state index contributed by atoms with van der Waals surface area (Å²) in [5, 5.41) is 19.6. The zero-order valence-corrected chi connectivity index (χ0v) is 21.1. The van der Waals surface area contributed by atoms with E-state index in [0.717, 1.165) is 38.5 Å². The Kier molecular flexibility index (Phi) is 22.3. The minimum absolute atomic E-state index is 0.0997. The van der Waals surface area contributed by atoms with Gasteiger partial charge in [-0.3, -0.25) is 9.59 Å². The summed E-state index contributed by atoms with van der Waals surface area (Å²) in [6.07, 6.45) is 20.3. The number of hydrogen-bond acceptors (Lipinski definition) is 4. The van der Waals surface area contributed by atoms with Crippen molar-refractivity contribution in [2.75, 3.05) is 6.61 Å². The van der Waals surface area contributed by atoms with Crippen molar-refractivity contribution in [3.05, 3.63) is 0 Å². The molecule has 0 aliphatic rings. The van der Waals surface area contributed by atoms with E-state index in [2.05, 4.69) is 13.8 Å². The summed E-state index contributed by atoms with van der Waals surface area (Å²) in [5.41, 5.74) is 0. The molecule has 0 rings (SSSR count). The predicted molar refractivity (Wildman–Crippen MR) is 132 cm³/mol. The third kappa shape index (κ3) is 20.8. The van der Waals surface area contributed by atoms with Crippen molar-refractivity contribution in [2.24, 2.45) is 5.92 Å². The molecule has 0 saturated heterocycles. The van der Waals surface area contributed by atoms with Gasteiger partial charge in [0.05, 0.1) is 12.0 Å². The van der Waals surface area contributed by atoms with E-state index in [4.69, 9.17) is 4.74 Å². The molecule has 0 aromatic rings. The molecule has 0 spiro atoms. The normalized spacial score (nSPS) is 13.1. The molecule has 0 aliphatic carbocycles. The Labute approximate surface area is 197 Å². The molecular weight excluding hydrogens is 404 g/mol. The molecule has 0 bridgehead atoms. The lowest BCUT2D eigenvalue weighted by molar-refractivity contribution is -0.148. The van der Waals surface area contributed by atoms with Gasteiger partial charge in [-0.1, -0.05) is 117 Å². The van der Waals surface area contributed by atoms with Gasteiger partial charge in [0.15, 0.2) is 0 Å². The number of aliphatic carboxylic acids is 1. The van der Waals surface area contributed by atoms with Gasteiger partial charge >= 0.3 is 11.9 Å². The number of carboxylic acid groups (broad SMARTS) is 1. The maximum Gasteiger partial charge on any atom is 0.306 e. The molecule has 5 nitrogen and oxygen atoms in total.